The molecule has 22 heavy (non-hydrogen) atoms. The van der Waals surface area contributed by atoms with Gasteiger partial charge in [0.25, 0.3) is 0 Å². The van der Waals surface area contributed by atoms with Gasteiger partial charge in [0, 0.05) is 5.02 Å². The van der Waals surface area contributed by atoms with Crippen molar-refractivity contribution < 1.29 is 4.79 Å². The molecule has 0 aliphatic heterocycles. The lowest BCUT2D eigenvalue weighted by Gasteiger charge is -2.40. The number of amides is 1. The van der Waals surface area contributed by atoms with Crippen molar-refractivity contribution in [3.05, 3.63) is 34.9 Å². The molecule has 1 saturated carbocycles. The van der Waals surface area contributed by atoms with E-state index in [1.165, 1.54) is 11.3 Å². The first-order chi connectivity index (χ1) is 10.6. The smallest absolute Gasteiger partial charge is 0.236 e. The van der Waals surface area contributed by atoms with Crippen LogP contribution in [-0.2, 0) is 10.2 Å². The molecule has 1 aliphatic rings. The summed E-state index contributed by atoms with van der Waals surface area (Å²) in [6.07, 6.45) is 2.77. The normalized spacial score (nSPS) is 16.1. The molecule has 2 aromatic rings. The molecule has 1 aromatic heterocycles. The molecular weight excluding hydrogens is 338 g/mol. The maximum absolute atomic E-state index is 12.8. The molecule has 3 rings (SSSR count). The van der Waals surface area contributed by atoms with Crippen molar-refractivity contribution >= 4 is 45.7 Å². The summed E-state index contributed by atoms with van der Waals surface area (Å²) in [4.78, 5) is 12.8. The molecule has 1 heterocycles. The van der Waals surface area contributed by atoms with Crippen LogP contribution in [0.15, 0.2) is 28.6 Å². The van der Waals surface area contributed by atoms with Gasteiger partial charge in [0.1, 0.15) is 0 Å². The van der Waals surface area contributed by atoms with Gasteiger partial charge in [-0.05, 0) is 36.3 Å². The van der Waals surface area contributed by atoms with Crippen LogP contribution in [0.25, 0.3) is 0 Å². The second kappa shape index (κ2) is 6.56. The molecule has 0 radical (unpaired) electrons. The van der Waals surface area contributed by atoms with Gasteiger partial charge < -0.3 is 0 Å². The number of carbonyl (C=O) groups excluding carboxylic acids is 1. The van der Waals surface area contributed by atoms with Crippen LogP contribution in [0.2, 0.25) is 5.02 Å². The molecular formula is C15H16ClN3OS2. The van der Waals surface area contributed by atoms with Gasteiger partial charge in [-0.1, -0.05) is 60.2 Å². The number of rotatable bonds is 5. The van der Waals surface area contributed by atoms with E-state index in [4.69, 9.17) is 11.6 Å². The SMILES string of the molecule is CCSc1nnc(NC(=O)C2(c3ccc(Cl)cc3)CCC2)s1. The Hall–Kier alpha value is -1.11. The van der Waals surface area contributed by atoms with Gasteiger partial charge in [0.05, 0.1) is 5.41 Å². The highest BCUT2D eigenvalue weighted by Crippen LogP contribution is 2.45. The zero-order chi connectivity index (χ0) is 15.6. The van der Waals surface area contributed by atoms with Gasteiger partial charge in [0.2, 0.25) is 11.0 Å². The van der Waals surface area contributed by atoms with Crippen molar-refractivity contribution in [1.29, 1.82) is 0 Å². The van der Waals surface area contributed by atoms with Crippen molar-refractivity contribution in [3.63, 3.8) is 0 Å². The number of anilines is 1. The number of thioether (sulfide) groups is 1. The Morgan fingerprint density at radius 2 is 2.09 bits per heavy atom. The lowest BCUT2D eigenvalue weighted by Crippen LogP contribution is -2.45. The molecule has 116 valence electrons. The number of nitrogens with zero attached hydrogens (tertiary/aromatic N) is 2. The van der Waals surface area contributed by atoms with E-state index in [9.17, 15) is 4.79 Å². The zero-order valence-electron chi connectivity index (χ0n) is 12.1. The fourth-order valence-corrected chi connectivity index (χ4v) is 4.37. The summed E-state index contributed by atoms with van der Waals surface area (Å²) >= 11 is 8.99. The van der Waals surface area contributed by atoms with Gasteiger partial charge in [-0.2, -0.15) is 0 Å². The molecule has 1 amide bonds. The summed E-state index contributed by atoms with van der Waals surface area (Å²) in [5.41, 5.74) is 0.572. The second-order valence-electron chi connectivity index (χ2n) is 5.20. The summed E-state index contributed by atoms with van der Waals surface area (Å²) in [5, 5.41) is 12.3. The first-order valence-corrected chi connectivity index (χ1v) is 9.36. The fourth-order valence-electron chi connectivity index (χ4n) is 2.60. The Bertz CT molecular complexity index is 668. The van der Waals surface area contributed by atoms with Crippen LogP contribution in [0.1, 0.15) is 31.7 Å². The van der Waals surface area contributed by atoms with Crippen molar-refractivity contribution in [2.45, 2.75) is 35.9 Å². The first kappa shape index (κ1) is 15.8. The third kappa shape index (κ3) is 3.00. The minimum Gasteiger partial charge on any atom is -0.300 e. The Labute approximate surface area is 142 Å². The highest BCUT2D eigenvalue weighted by Gasteiger charge is 2.45. The fraction of sp³-hybridized carbons (Fsp3) is 0.400. The number of hydrogen-bond donors (Lipinski definition) is 1. The van der Waals surface area contributed by atoms with Crippen molar-refractivity contribution in [3.8, 4) is 0 Å². The summed E-state index contributed by atoms with van der Waals surface area (Å²) in [6, 6.07) is 7.56. The molecule has 0 atom stereocenters. The average Bonchev–Trinajstić information content (AvgIpc) is 2.87. The van der Waals surface area contributed by atoms with E-state index in [2.05, 4.69) is 22.4 Å². The standard InChI is InChI=1S/C15H16ClN3OS2/c1-2-21-14-19-18-13(22-14)17-12(20)15(8-3-9-15)10-4-6-11(16)7-5-10/h4-7H,2-3,8-9H2,1H3,(H,17,18,20). The molecule has 1 aromatic carbocycles. The summed E-state index contributed by atoms with van der Waals surface area (Å²) in [6.45, 7) is 2.06. The van der Waals surface area contributed by atoms with Gasteiger partial charge in [-0.3, -0.25) is 10.1 Å². The Kier molecular flexibility index (Phi) is 4.70. The minimum atomic E-state index is -0.450. The van der Waals surface area contributed by atoms with Gasteiger partial charge in [0.15, 0.2) is 4.34 Å². The number of halogens is 1. The van der Waals surface area contributed by atoms with Crippen LogP contribution in [-0.4, -0.2) is 21.9 Å². The quantitative estimate of drug-likeness (QED) is 0.640. The molecule has 1 aliphatic carbocycles. The summed E-state index contributed by atoms with van der Waals surface area (Å²) in [7, 11) is 0. The van der Waals surface area contributed by atoms with Crippen molar-refractivity contribution in [1.82, 2.24) is 10.2 Å². The van der Waals surface area contributed by atoms with Crippen LogP contribution in [0, 0.1) is 0 Å². The Morgan fingerprint density at radius 3 is 2.68 bits per heavy atom. The number of carbonyl (C=O) groups is 1. The van der Waals surface area contributed by atoms with E-state index in [1.54, 1.807) is 11.8 Å². The maximum Gasteiger partial charge on any atom is 0.236 e. The number of hydrogen-bond acceptors (Lipinski definition) is 5. The number of benzene rings is 1. The van der Waals surface area contributed by atoms with Gasteiger partial charge in [-0.25, -0.2) is 0 Å². The molecule has 0 spiro atoms. The van der Waals surface area contributed by atoms with E-state index in [0.717, 1.165) is 34.9 Å². The largest absolute Gasteiger partial charge is 0.300 e. The minimum absolute atomic E-state index is 0.00488. The van der Waals surface area contributed by atoms with Crippen molar-refractivity contribution in [2.24, 2.45) is 0 Å². The van der Waals surface area contributed by atoms with Crippen LogP contribution in [0.4, 0.5) is 5.13 Å². The van der Waals surface area contributed by atoms with E-state index < -0.39 is 5.41 Å². The zero-order valence-corrected chi connectivity index (χ0v) is 14.5. The highest BCUT2D eigenvalue weighted by molar-refractivity contribution is 8.01. The molecule has 4 nitrogen and oxygen atoms in total. The van der Waals surface area contributed by atoms with Crippen LogP contribution < -0.4 is 5.32 Å². The van der Waals surface area contributed by atoms with E-state index in [0.29, 0.717) is 10.2 Å². The van der Waals surface area contributed by atoms with Crippen molar-refractivity contribution in [2.75, 3.05) is 11.1 Å². The number of aromatic nitrogens is 2. The number of nitrogens with one attached hydrogen (secondary N) is 1. The Morgan fingerprint density at radius 1 is 1.36 bits per heavy atom. The third-order valence-corrected chi connectivity index (χ3v) is 6.04. The predicted molar refractivity (Wildman–Crippen MR) is 91.9 cm³/mol. The van der Waals surface area contributed by atoms with Crippen LogP contribution >= 0.6 is 34.7 Å². The molecule has 0 bridgehead atoms. The monoisotopic (exact) mass is 353 g/mol. The molecule has 0 saturated heterocycles. The summed E-state index contributed by atoms with van der Waals surface area (Å²) < 4.78 is 0.881. The molecule has 1 N–H and O–H groups in total. The van der Waals surface area contributed by atoms with Gasteiger partial charge >= 0.3 is 0 Å². The third-order valence-electron chi connectivity index (χ3n) is 3.93. The molecule has 7 heteroatoms. The first-order valence-electron chi connectivity index (χ1n) is 7.18. The summed E-state index contributed by atoms with van der Waals surface area (Å²) in [5.74, 6) is 0.947. The molecule has 0 unspecified atom stereocenters. The predicted octanol–water partition coefficient (Wildman–Crippen LogP) is 4.36. The van der Waals surface area contributed by atoms with E-state index >= 15 is 0 Å². The average molecular weight is 354 g/mol. The van der Waals surface area contributed by atoms with Crippen LogP contribution in [0.5, 0.6) is 0 Å². The second-order valence-corrected chi connectivity index (χ2v) is 8.13. The van der Waals surface area contributed by atoms with E-state index in [1.807, 2.05) is 24.3 Å². The maximum atomic E-state index is 12.8. The van der Waals surface area contributed by atoms with E-state index in [-0.39, 0.29) is 5.91 Å². The van der Waals surface area contributed by atoms with Gasteiger partial charge in [-0.15, -0.1) is 10.2 Å². The molecule has 1 fully saturated rings. The van der Waals surface area contributed by atoms with Crippen LogP contribution in [0.3, 0.4) is 0 Å². The topological polar surface area (TPSA) is 54.9 Å². The lowest BCUT2D eigenvalue weighted by atomic mass is 9.64. The lowest BCUT2D eigenvalue weighted by molar-refractivity contribution is -0.124. The Balaban J connectivity index is 1.77. The highest BCUT2D eigenvalue weighted by atomic mass is 35.5.